The monoisotopic (exact) mass is 302 g/mol. The summed E-state index contributed by atoms with van der Waals surface area (Å²) in [5.41, 5.74) is 1.81. The maximum absolute atomic E-state index is 12.0. The lowest BCUT2D eigenvalue weighted by Crippen LogP contribution is -2.31. The lowest BCUT2D eigenvalue weighted by molar-refractivity contribution is 0.0939. The first-order chi connectivity index (χ1) is 10.0. The van der Waals surface area contributed by atoms with Crippen LogP contribution in [-0.4, -0.2) is 16.9 Å². The summed E-state index contributed by atoms with van der Waals surface area (Å²) in [7, 11) is 0. The van der Waals surface area contributed by atoms with E-state index in [9.17, 15) is 4.79 Å². The van der Waals surface area contributed by atoms with Crippen LogP contribution in [-0.2, 0) is 0 Å². The molecular formula is C17H22N2OS. The molecule has 112 valence electrons. The molecule has 0 unspecified atom stereocenters. The summed E-state index contributed by atoms with van der Waals surface area (Å²) in [5, 5.41) is 4.12. The molecule has 2 aromatic rings. The lowest BCUT2D eigenvalue weighted by Gasteiger charge is -2.11. The van der Waals surface area contributed by atoms with Crippen molar-refractivity contribution in [2.75, 3.05) is 0 Å². The highest BCUT2D eigenvalue weighted by Crippen LogP contribution is 2.29. The largest absolute Gasteiger partial charge is 0.350 e. The van der Waals surface area contributed by atoms with E-state index in [0.717, 1.165) is 21.9 Å². The summed E-state index contributed by atoms with van der Waals surface area (Å²) < 4.78 is 0. The first-order valence-electron chi connectivity index (χ1n) is 7.38. The van der Waals surface area contributed by atoms with Gasteiger partial charge in [-0.2, -0.15) is 0 Å². The molecule has 0 aliphatic rings. The number of hydrogen-bond acceptors (Lipinski definition) is 3. The van der Waals surface area contributed by atoms with Gasteiger partial charge < -0.3 is 5.32 Å². The summed E-state index contributed by atoms with van der Waals surface area (Å²) in [5.74, 6) is 0.437. The molecule has 1 atom stereocenters. The van der Waals surface area contributed by atoms with E-state index >= 15 is 0 Å². The minimum absolute atomic E-state index is 0.0110. The summed E-state index contributed by atoms with van der Waals surface area (Å²) in [4.78, 5) is 17.6. The van der Waals surface area contributed by atoms with Gasteiger partial charge in [-0.25, -0.2) is 4.98 Å². The third-order valence-electron chi connectivity index (χ3n) is 3.44. The minimum atomic E-state index is -0.0110. The highest BCUT2D eigenvalue weighted by Gasteiger charge is 2.10. The molecule has 4 heteroatoms. The second kappa shape index (κ2) is 6.85. The number of carbonyl (C=O) groups excluding carboxylic acids is 1. The van der Waals surface area contributed by atoms with Crippen LogP contribution in [0, 0.1) is 0 Å². The maximum Gasteiger partial charge on any atom is 0.251 e. The normalized spacial score (nSPS) is 12.4. The zero-order chi connectivity index (χ0) is 15.4. The van der Waals surface area contributed by atoms with Crippen LogP contribution < -0.4 is 5.32 Å². The van der Waals surface area contributed by atoms with Gasteiger partial charge in [-0.3, -0.25) is 4.79 Å². The number of thiazole rings is 1. The summed E-state index contributed by atoms with van der Waals surface area (Å²) in [6.07, 6.45) is 2.84. The fourth-order valence-electron chi connectivity index (χ4n) is 1.88. The molecular weight excluding hydrogens is 280 g/mol. The van der Waals surface area contributed by atoms with Gasteiger partial charge in [-0.1, -0.05) is 32.9 Å². The molecule has 1 N–H and O–H groups in total. The average molecular weight is 302 g/mol. The van der Waals surface area contributed by atoms with Crippen LogP contribution in [0.4, 0.5) is 0 Å². The van der Waals surface area contributed by atoms with Crippen LogP contribution in [0.1, 0.15) is 55.4 Å². The van der Waals surface area contributed by atoms with Gasteiger partial charge >= 0.3 is 0 Å². The molecule has 0 aliphatic heterocycles. The predicted octanol–water partition coefficient (Wildman–Crippen LogP) is 4.46. The molecule has 1 aromatic heterocycles. The molecule has 0 saturated heterocycles. The quantitative estimate of drug-likeness (QED) is 0.886. The van der Waals surface area contributed by atoms with Crippen molar-refractivity contribution in [3.63, 3.8) is 0 Å². The Kier molecular flexibility index (Phi) is 5.12. The van der Waals surface area contributed by atoms with Crippen molar-refractivity contribution in [3.8, 4) is 10.4 Å². The Balaban J connectivity index is 2.12. The van der Waals surface area contributed by atoms with E-state index in [1.807, 2.05) is 37.4 Å². The van der Waals surface area contributed by atoms with E-state index < -0.39 is 0 Å². The van der Waals surface area contributed by atoms with Crippen molar-refractivity contribution < 1.29 is 4.79 Å². The van der Waals surface area contributed by atoms with Gasteiger partial charge in [0.15, 0.2) is 0 Å². The molecule has 0 spiro atoms. The molecule has 21 heavy (non-hydrogen) atoms. The molecule has 0 saturated carbocycles. The average Bonchev–Trinajstić information content (AvgIpc) is 2.97. The third kappa shape index (κ3) is 3.91. The van der Waals surface area contributed by atoms with Crippen LogP contribution in [0.2, 0.25) is 0 Å². The summed E-state index contributed by atoms with van der Waals surface area (Å²) in [6.45, 7) is 8.36. The van der Waals surface area contributed by atoms with E-state index in [1.54, 1.807) is 11.3 Å². The summed E-state index contributed by atoms with van der Waals surface area (Å²) in [6, 6.07) is 7.93. The van der Waals surface area contributed by atoms with E-state index in [0.29, 0.717) is 11.5 Å². The lowest BCUT2D eigenvalue weighted by atomic mass is 10.1. The van der Waals surface area contributed by atoms with Crippen LogP contribution in [0.15, 0.2) is 30.5 Å². The van der Waals surface area contributed by atoms with Crippen molar-refractivity contribution in [1.82, 2.24) is 10.3 Å². The van der Waals surface area contributed by atoms with Crippen molar-refractivity contribution in [1.29, 1.82) is 0 Å². The number of benzene rings is 1. The predicted molar refractivity (Wildman–Crippen MR) is 88.9 cm³/mol. The number of carbonyl (C=O) groups is 1. The summed E-state index contributed by atoms with van der Waals surface area (Å²) >= 11 is 1.71. The number of nitrogens with zero attached hydrogens (tertiary/aromatic N) is 1. The zero-order valence-corrected chi connectivity index (χ0v) is 13.8. The number of amides is 1. The molecule has 0 fully saturated rings. The Labute approximate surface area is 130 Å². The van der Waals surface area contributed by atoms with Gasteiger partial charge in [0, 0.05) is 23.7 Å². The third-order valence-corrected chi connectivity index (χ3v) is 4.79. The van der Waals surface area contributed by atoms with Crippen molar-refractivity contribution >= 4 is 17.2 Å². The highest BCUT2D eigenvalue weighted by atomic mass is 32.1. The Morgan fingerprint density at radius 3 is 2.43 bits per heavy atom. The van der Waals surface area contributed by atoms with Gasteiger partial charge in [-0.05, 0) is 31.0 Å². The van der Waals surface area contributed by atoms with Crippen LogP contribution >= 0.6 is 11.3 Å². The molecule has 0 aliphatic carbocycles. The second-order valence-corrected chi connectivity index (χ2v) is 6.64. The molecule has 1 heterocycles. The molecule has 0 bridgehead atoms. The first-order valence-corrected chi connectivity index (χ1v) is 8.20. The van der Waals surface area contributed by atoms with Crippen LogP contribution in [0.5, 0.6) is 0 Å². The Bertz CT molecular complexity index is 602. The highest BCUT2D eigenvalue weighted by molar-refractivity contribution is 7.15. The smallest absolute Gasteiger partial charge is 0.251 e. The molecule has 1 aromatic carbocycles. The molecule has 0 radical (unpaired) electrons. The topological polar surface area (TPSA) is 42.0 Å². The standard InChI is InChI=1S/C17H22N2OS/c1-5-12(4)19-16(20)14-8-6-13(7-9-14)15-10-18-17(21-15)11(2)3/h6-12H,5H2,1-4H3,(H,19,20)/t12-/m0/s1. The Morgan fingerprint density at radius 1 is 1.24 bits per heavy atom. The molecule has 1 amide bonds. The number of hydrogen-bond donors (Lipinski definition) is 1. The van der Waals surface area contributed by atoms with Gasteiger partial charge in [0.1, 0.15) is 0 Å². The first kappa shape index (κ1) is 15.7. The van der Waals surface area contributed by atoms with Gasteiger partial charge in [0.05, 0.1) is 9.88 Å². The maximum atomic E-state index is 12.0. The van der Waals surface area contributed by atoms with Gasteiger partial charge in [0.2, 0.25) is 0 Å². The second-order valence-electron chi connectivity index (χ2n) is 5.58. The van der Waals surface area contributed by atoms with Gasteiger partial charge in [-0.15, -0.1) is 11.3 Å². The van der Waals surface area contributed by atoms with E-state index in [4.69, 9.17) is 0 Å². The SMILES string of the molecule is CC[C@H](C)NC(=O)c1ccc(-c2cnc(C(C)C)s2)cc1. The number of nitrogens with one attached hydrogen (secondary N) is 1. The fourth-order valence-corrected chi connectivity index (χ4v) is 2.81. The Morgan fingerprint density at radius 2 is 1.90 bits per heavy atom. The van der Waals surface area contributed by atoms with E-state index in [1.165, 1.54) is 0 Å². The molecule has 2 rings (SSSR count). The number of aromatic nitrogens is 1. The van der Waals surface area contributed by atoms with Crippen LogP contribution in [0.25, 0.3) is 10.4 Å². The van der Waals surface area contributed by atoms with Crippen LogP contribution in [0.3, 0.4) is 0 Å². The fraction of sp³-hybridized carbons (Fsp3) is 0.412. The minimum Gasteiger partial charge on any atom is -0.350 e. The van der Waals surface area contributed by atoms with E-state index in [2.05, 4.69) is 31.1 Å². The van der Waals surface area contributed by atoms with Crippen molar-refractivity contribution in [2.45, 2.75) is 46.1 Å². The zero-order valence-electron chi connectivity index (χ0n) is 13.0. The van der Waals surface area contributed by atoms with Gasteiger partial charge in [0.25, 0.3) is 5.91 Å². The van der Waals surface area contributed by atoms with E-state index in [-0.39, 0.29) is 11.9 Å². The van der Waals surface area contributed by atoms with Crippen molar-refractivity contribution in [2.24, 2.45) is 0 Å². The molecule has 3 nitrogen and oxygen atoms in total. The Hall–Kier alpha value is -1.68. The number of rotatable bonds is 5. The van der Waals surface area contributed by atoms with Crippen molar-refractivity contribution in [3.05, 3.63) is 41.0 Å².